The quantitative estimate of drug-likeness (QED) is 0.860. The van der Waals surface area contributed by atoms with Crippen LogP contribution in [0.15, 0.2) is 30.3 Å². The molecule has 2 N–H and O–H groups in total. The van der Waals surface area contributed by atoms with E-state index in [1.165, 1.54) is 0 Å². The van der Waals surface area contributed by atoms with Crippen LogP contribution < -0.4 is 10.1 Å². The summed E-state index contributed by atoms with van der Waals surface area (Å²) in [5.74, 6) is 0.473. The van der Waals surface area contributed by atoms with Crippen LogP contribution in [0, 0.1) is 0 Å². The van der Waals surface area contributed by atoms with E-state index in [2.05, 4.69) is 10.3 Å². The maximum atomic E-state index is 12.2. The molecule has 5 heteroatoms. The van der Waals surface area contributed by atoms with Gasteiger partial charge in [0, 0.05) is 11.9 Å². The van der Waals surface area contributed by atoms with E-state index < -0.39 is 5.60 Å². The van der Waals surface area contributed by atoms with Crippen molar-refractivity contribution in [1.82, 2.24) is 10.3 Å². The van der Waals surface area contributed by atoms with Crippen LogP contribution in [0.3, 0.4) is 0 Å². The summed E-state index contributed by atoms with van der Waals surface area (Å²) in [4.78, 5) is 16.5. The summed E-state index contributed by atoms with van der Waals surface area (Å²) in [6.45, 7) is 4.02. The molecule has 0 aliphatic heterocycles. The van der Waals surface area contributed by atoms with E-state index in [1.807, 2.05) is 38.1 Å². The third-order valence-electron chi connectivity index (χ3n) is 4.02. The van der Waals surface area contributed by atoms with Crippen LogP contribution in [0.5, 0.6) is 5.75 Å². The molecule has 0 aliphatic carbocycles. The van der Waals surface area contributed by atoms with Crippen molar-refractivity contribution < 1.29 is 14.6 Å². The molecular weight excluding hydrogens is 280 g/mol. The van der Waals surface area contributed by atoms with Crippen molar-refractivity contribution in [2.24, 2.45) is 0 Å². The maximum absolute atomic E-state index is 12.2. The van der Waals surface area contributed by atoms with Gasteiger partial charge in [-0.2, -0.15) is 0 Å². The average molecular weight is 302 g/mol. The highest BCUT2D eigenvalue weighted by Gasteiger charge is 2.23. The number of carbonyl (C=O) groups excluding carboxylic acids is 1. The van der Waals surface area contributed by atoms with Crippen molar-refractivity contribution in [3.63, 3.8) is 0 Å². The number of carbonyl (C=O) groups is 1. The molecule has 0 radical (unpaired) electrons. The van der Waals surface area contributed by atoms with Crippen LogP contribution in [0.2, 0.25) is 0 Å². The van der Waals surface area contributed by atoms with E-state index in [9.17, 15) is 9.90 Å². The van der Waals surface area contributed by atoms with Crippen molar-refractivity contribution in [3.05, 3.63) is 36.0 Å². The molecule has 2 rings (SSSR count). The molecule has 1 heterocycles. The summed E-state index contributed by atoms with van der Waals surface area (Å²) in [6, 6.07) is 9.01. The number of aromatic nitrogens is 1. The Labute approximate surface area is 130 Å². The van der Waals surface area contributed by atoms with Gasteiger partial charge in [-0.1, -0.05) is 19.9 Å². The van der Waals surface area contributed by atoms with Gasteiger partial charge < -0.3 is 15.2 Å². The number of amides is 1. The Morgan fingerprint density at radius 2 is 2.00 bits per heavy atom. The van der Waals surface area contributed by atoms with Gasteiger partial charge in [-0.05, 0) is 37.1 Å². The number of hydrogen-bond acceptors (Lipinski definition) is 4. The molecule has 2 aromatic rings. The molecule has 0 spiro atoms. The molecule has 0 unspecified atom stereocenters. The van der Waals surface area contributed by atoms with Crippen LogP contribution in [0.25, 0.3) is 10.9 Å². The molecule has 1 amide bonds. The van der Waals surface area contributed by atoms with Crippen molar-refractivity contribution >= 4 is 16.8 Å². The smallest absolute Gasteiger partial charge is 0.270 e. The number of aliphatic hydroxyl groups is 1. The second-order valence-corrected chi connectivity index (χ2v) is 5.37. The minimum atomic E-state index is -0.861. The van der Waals surface area contributed by atoms with Crippen LogP contribution in [-0.2, 0) is 0 Å². The summed E-state index contributed by atoms with van der Waals surface area (Å²) in [5, 5.41) is 13.9. The first-order valence-electron chi connectivity index (χ1n) is 7.46. The number of methoxy groups -OCH3 is 1. The minimum Gasteiger partial charge on any atom is -0.497 e. The van der Waals surface area contributed by atoms with Crippen LogP contribution >= 0.6 is 0 Å². The Morgan fingerprint density at radius 3 is 2.64 bits per heavy atom. The predicted octanol–water partition coefficient (Wildman–Crippen LogP) is 2.52. The molecule has 22 heavy (non-hydrogen) atoms. The zero-order chi connectivity index (χ0) is 16.2. The van der Waals surface area contributed by atoms with E-state index in [-0.39, 0.29) is 12.5 Å². The average Bonchev–Trinajstić information content (AvgIpc) is 2.58. The lowest BCUT2D eigenvalue weighted by Gasteiger charge is -2.25. The minimum absolute atomic E-state index is 0.223. The number of ether oxygens (including phenoxy) is 1. The zero-order valence-electron chi connectivity index (χ0n) is 13.2. The molecule has 0 atom stereocenters. The van der Waals surface area contributed by atoms with Gasteiger partial charge in [-0.3, -0.25) is 4.79 Å². The maximum Gasteiger partial charge on any atom is 0.270 e. The molecular formula is C17H22N2O3. The first-order chi connectivity index (χ1) is 10.5. The first kappa shape index (κ1) is 16.2. The van der Waals surface area contributed by atoms with Crippen LogP contribution in [0.4, 0.5) is 0 Å². The normalized spacial score (nSPS) is 11.5. The number of benzene rings is 1. The number of nitrogens with one attached hydrogen (secondary N) is 1. The third kappa shape index (κ3) is 3.54. The summed E-state index contributed by atoms with van der Waals surface area (Å²) in [6.07, 6.45) is 1.18. The monoisotopic (exact) mass is 302 g/mol. The molecule has 0 saturated heterocycles. The van der Waals surface area contributed by atoms with E-state index in [0.29, 0.717) is 18.5 Å². The van der Waals surface area contributed by atoms with Gasteiger partial charge in [0.05, 0.1) is 18.2 Å². The van der Waals surface area contributed by atoms with Crippen molar-refractivity contribution in [2.75, 3.05) is 13.7 Å². The van der Waals surface area contributed by atoms with Gasteiger partial charge in [-0.25, -0.2) is 4.98 Å². The van der Waals surface area contributed by atoms with Gasteiger partial charge >= 0.3 is 0 Å². The van der Waals surface area contributed by atoms with Crippen LogP contribution in [-0.4, -0.2) is 35.3 Å². The number of pyridine rings is 1. The highest BCUT2D eigenvalue weighted by molar-refractivity contribution is 5.95. The van der Waals surface area contributed by atoms with E-state index in [1.54, 1.807) is 13.2 Å². The second kappa shape index (κ2) is 6.75. The SMILES string of the molecule is CCC(O)(CC)CNC(=O)c1ccc2cc(OC)ccc2n1. The van der Waals surface area contributed by atoms with E-state index >= 15 is 0 Å². The lowest BCUT2D eigenvalue weighted by Crippen LogP contribution is -2.42. The number of nitrogens with zero attached hydrogens (tertiary/aromatic N) is 1. The van der Waals surface area contributed by atoms with Gasteiger partial charge in [0.1, 0.15) is 11.4 Å². The molecule has 0 saturated carbocycles. The fraction of sp³-hybridized carbons (Fsp3) is 0.412. The number of hydrogen-bond donors (Lipinski definition) is 2. The zero-order valence-corrected chi connectivity index (χ0v) is 13.2. The Balaban J connectivity index is 2.15. The lowest BCUT2D eigenvalue weighted by atomic mass is 9.97. The Hall–Kier alpha value is -2.14. The fourth-order valence-electron chi connectivity index (χ4n) is 2.19. The fourth-order valence-corrected chi connectivity index (χ4v) is 2.19. The Kier molecular flexibility index (Phi) is 4.98. The van der Waals surface area contributed by atoms with Crippen molar-refractivity contribution in [1.29, 1.82) is 0 Å². The topological polar surface area (TPSA) is 71.5 Å². The van der Waals surface area contributed by atoms with Gasteiger partial charge in [0.2, 0.25) is 0 Å². The molecule has 0 fully saturated rings. The molecule has 1 aromatic carbocycles. The van der Waals surface area contributed by atoms with Crippen molar-refractivity contribution in [3.8, 4) is 5.75 Å². The van der Waals surface area contributed by atoms with Gasteiger partial charge in [0.25, 0.3) is 5.91 Å². The largest absolute Gasteiger partial charge is 0.497 e. The van der Waals surface area contributed by atoms with Crippen LogP contribution in [0.1, 0.15) is 37.2 Å². The van der Waals surface area contributed by atoms with Gasteiger partial charge in [0.15, 0.2) is 0 Å². The Morgan fingerprint density at radius 1 is 1.27 bits per heavy atom. The van der Waals surface area contributed by atoms with E-state index in [0.717, 1.165) is 16.7 Å². The Bertz CT molecular complexity index is 666. The molecule has 1 aromatic heterocycles. The number of rotatable bonds is 6. The first-order valence-corrected chi connectivity index (χ1v) is 7.46. The highest BCUT2D eigenvalue weighted by atomic mass is 16.5. The van der Waals surface area contributed by atoms with Crippen molar-refractivity contribution in [2.45, 2.75) is 32.3 Å². The van der Waals surface area contributed by atoms with Gasteiger partial charge in [-0.15, -0.1) is 0 Å². The standard InChI is InChI=1S/C17H22N2O3/c1-4-17(21,5-2)11-18-16(20)15-8-6-12-10-13(22-3)7-9-14(12)19-15/h6-10,21H,4-5,11H2,1-3H3,(H,18,20). The molecule has 118 valence electrons. The molecule has 5 nitrogen and oxygen atoms in total. The third-order valence-corrected chi connectivity index (χ3v) is 4.02. The summed E-state index contributed by atoms with van der Waals surface area (Å²) < 4.78 is 5.17. The summed E-state index contributed by atoms with van der Waals surface area (Å²) >= 11 is 0. The molecule has 0 aliphatic rings. The second-order valence-electron chi connectivity index (χ2n) is 5.37. The highest BCUT2D eigenvalue weighted by Crippen LogP contribution is 2.19. The predicted molar refractivity (Wildman–Crippen MR) is 86.2 cm³/mol. The molecule has 0 bridgehead atoms. The summed E-state index contributed by atoms with van der Waals surface area (Å²) in [7, 11) is 1.61. The number of fused-ring (bicyclic) bond motifs is 1. The summed E-state index contributed by atoms with van der Waals surface area (Å²) in [5.41, 5.74) is 0.210. The van der Waals surface area contributed by atoms with E-state index in [4.69, 9.17) is 4.74 Å². The lowest BCUT2D eigenvalue weighted by molar-refractivity contribution is 0.0313.